The number of hydrogen-bond acceptors (Lipinski definition) is 6. The first-order chi connectivity index (χ1) is 18.9. The van der Waals surface area contributed by atoms with E-state index in [2.05, 4.69) is 16.0 Å². The van der Waals surface area contributed by atoms with Gasteiger partial charge in [-0.3, -0.25) is 14.4 Å². The van der Waals surface area contributed by atoms with Gasteiger partial charge in [-0.15, -0.1) is 0 Å². The van der Waals surface area contributed by atoms with E-state index in [1.54, 1.807) is 0 Å². The summed E-state index contributed by atoms with van der Waals surface area (Å²) >= 11 is 1.52. The van der Waals surface area contributed by atoms with Crippen molar-refractivity contribution in [1.82, 2.24) is 20.9 Å². The summed E-state index contributed by atoms with van der Waals surface area (Å²) in [6, 6.07) is 12.3. The first-order valence-corrected chi connectivity index (χ1v) is 15.1. The van der Waals surface area contributed by atoms with E-state index in [0.29, 0.717) is 18.7 Å². The quantitative estimate of drug-likeness (QED) is 0.280. The number of carbonyl (C=O) groups is 4. The molecule has 0 aromatic heterocycles. The number of thioether (sulfide) groups is 1. The van der Waals surface area contributed by atoms with Crippen molar-refractivity contribution < 1.29 is 24.3 Å². The molecule has 2 aromatic rings. The topological polar surface area (TPSA) is 128 Å². The third-order valence-corrected chi connectivity index (χ3v) is 8.37. The third-order valence-electron chi connectivity index (χ3n) is 7.72. The van der Waals surface area contributed by atoms with Crippen molar-refractivity contribution in [3.05, 3.63) is 48.0 Å². The average molecular weight is 555 g/mol. The molecule has 1 heterocycles. The highest BCUT2D eigenvalue weighted by atomic mass is 32.2. The molecule has 3 unspecified atom stereocenters. The van der Waals surface area contributed by atoms with Gasteiger partial charge in [-0.05, 0) is 59.9 Å². The minimum absolute atomic E-state index is 0.0517. The Morgan fingerprint density at radius 1 is 1.10 bits per heavy atom. The number of fused-ring (bicyclic) bond motifs is 1. The highest BCUT2D eigenvalue weighted by molar-refractivity contribution is 7.98. The maximum Gasteiger partial charge on any atom is 0.326 e. The summed E-state index contributed by atoms with van der Waals surface area (Å²) in [6.07, 6.45) is 5.58. The zero-order valence-corrected chi connectivity index (χ0v) is 23.2. The molecule has 4 rings (SSSR count). The second-order valence-electron chi connectivity index (χ2n) is 10.3. The number of rotatable bonds is 13. The first kappa shape index (κ1) is 28.9. The van der Waals surface area contributed by atoms with Crippen LogP contribution in [0.25, 0.3) is 10.8 Å². The van der Waals surface area contributed by atoms with E-state index in [9.17, 15) is 24.3 Å². The van der Waals surface area contributed by atoms with Crippen LogP contribution in [0.4, 0.5) is 0 Å². The predicted octanol–water partition coefficient (Wildman–Crippen LogP) is 2.88. The van der Waals surface area contributed by atoms with Gasteiger partial charge in [0.05, 0.1) is 6.54 Å². The fourth-order valence-electron chi connectivity index (χ4n) is 5.72. The first-order valence-electron chi connectivity index (χ1n) is 13.7. The standard InChI is InChI=1S/C29H38N4O5S/c1-39-16-15-24(29(37)38)33(26(35)18-30-17-21-11-6-10-19-7-4-5-12-22(19)21)27(20-8-2-3-9-20)32-28(36)23-13-14-25(34)31-23/h4-7,10-12,20,23-24,27,30H,2-3,8-9,13-18H2,1H3,(H,31,34)(H,32,36)(H,37,38). The molecule has 9 nitrogen and oxygen atoms in total. The Bertz CT molecular complexity index is 1180. The van der Waals surface area contributed by atoms with E-state index in [1.807, 2.05) is 48.7 Å². The Kier molecular flexibility index (Phi) is 10.2. The minimum atomic E-state index is -1.09. The molecule has 210 valence electrons. The molecule has 4 N–H and O–H groups in total. The Labute approximate surface area is 233 Å². The Balaban J connectivity index is 1.56. The van der Waals surface area contributed by atoms with E-state index in [0.717, 1.165) is 42.0 Å². The molecular weight excluding hydrogens is 516 g/mol. The number of hydrogen-bond donors (Lipinski definition) is 4. The summed E-state index contributed by atoms with van der Waals surface area (Å²) in [5, 5.41) is 21.3. The zero-order chi connectivity index (χ0) is 27.8. The van der Waals surface area contributed by atoms with Crippen LogP contribution < -0.4 is 16.0 Å². The van der Waals surface area contributed by atoms with Gasteiger partial charge in [-0.25, -0.2) is 4.79 Å². The van der Waals surface area contributed by atoms with Crippen LogP contribution in [0.2, 0.25) is 0 Å². The molecule has 3 atom stereocenters. The number of carboxylic acids is 1. The summed E-state index contributed by atoms with van der Waals surface area (Å²) < 4.78 is 0. The van der Waals surface area contributed by atoms with E-state index < -0.39 is 24.2 Å². The zero-order valence-electron chi connectivity index (χ0n) is 22.4. The summed E-state index contributed by atoms with van der Waals surface area (Å²) in [4.78, 5) is 52.7. The van der Waals surface area contributed by atoms with Gasteiger partial charge in [0.25, 0.3) is 0 Å². The number of aliphatic carboxylic acids is 1. The van der Waals surface area contributed by atoms with Crippen molar-refractivity contribution in [1.29, 1.82) is 0 Å². The van der Waals surface area contributed by atoms with Crippen LogP contribution in [-0.4, -0.2) is 70.5 Å². The van der Waals surface area contributed by atoms with Gasteiger partial charge in [-0.1, -0.05) is 55.3 Å². The summed E-state index contributed by atoms with van der Waals surface area (Å²) in [5.74, 6) is -1.48. The monoisotopic (exact) mass is 554 g/mol. The Morgan fingerprint density at radius 3 is 2.54 bits per heavy atom. The fourth-order valence-corrected chi connectivity index (χ4v) is 6.18. The molecule has 0 bridgehead atoms. The second-order valence-corrected chi connectivity index (χ2v) is 11.3. The van der Waals surface area contributed by atoms with Gasteiger partial charge >= 0.3 is 5.97 Å². The fraction of sp³-hybridized carbons (Fsp3) is 0.517. The van der Waals surface area contributed by atoms with Gasteiger partial charge in [0.15, 0.2) is 0 Å². The van der Waals surface area contributed by atoms with E-state index in [1.165, 1.54) is 16.7 Å². The van der Waals surface area contributed by atoms with Gasteiger partial charge in [0, 0.05) is 13.0 Å². The largest absolute Gasteiger partial charge is 0.480 e. The molecular formula is C29H38N4O5S. The molecule has 2 aromatic carbocycles. The lowest BCUT2D eigenvalue weighted by molar-refractivity contribution is -0.155. The van der Waals surface area contributed by atoms with Crippen LogP contribution in [0.5, 0.6) is 0 Å². The van der Waals surface area contributed by atoms with E-state index in [-0.39, 0.29) is 43.0 Å². The van der Waals surface area contributed by atoms with Crippen LogP contribution in [0.15, 0.2) is 42.5 Å². The van der Waals surface area contributed by atoms with Crippen molar-refractivity contribution in [2.24, 2.45) is 5.92 Å². The number of nitrogens with one attached hydrogen (secondary N) is 3. The molecule has 2 aliphatic rings. The number of nitrogens with zero attached hydrogens (tertiary/aromatic N) is 1. The van der Waals surface area contributed by atoms with Crippen LogP contribution in [0, 0.1) is 5.92 Å². The number of carboxylic acid groups (broad SMARTS) is 1. The highest BCUT2D eigenvalue weighted by Crippen LogP contribution is 2.31. The number of amides is 3. The predicted molar refractivity (Wildman–Crippen MR) is 152 cm³/mol. The normalized spacial score (nSPS) is 19.0. The van der Waals surface area contributed by atoms with Gasteiger partial charge in [0.2, 0.25) is 17.7 Å². The molecule has 1 saturated carbocycles. The third kappa shape index (κ3) is 7.30. The van der Waals surface area contributed by atoms with Gasteiger partial charge < -0.3 is 26.0 Å². The van der Waals surface area contributed by atoms with Crippen LogP contribution in [0.1, 0.15) is 50.5 Å². The molecule has 39 heavy (non-hydrogen) atoms. The SMILES string of the molecule is CSCCC(C(=O)O)N(C(=O)CNCc1cccc2ccccc12)C(NC(=O)C1CCC(=O)N1)C1CCCC1. The molecule has 10 heteroatoms. The Hall–Kier alpha value is -3.11. The van der Waals surface area contributed by atoms with Crippen molar-refractivity contribution in [3.63, 3.8) is 0 Å². The summed E-state index contributed by atoms with van der Waals surface area (Å²) in [7, 11) is 0. The maximum absolute atomic E-state index is 13.8. The minimum Gasteiger partial charge on any atom is -0.480 e. The smallest absolute Gasteiger partial charge is 0.326 e. The molecule has 3 amide bonds. The lowest BCUT2D eigenvalue weighted by Crippen LogP contribution is -2.62. The van der Waals surface area contributed by atoms with Crippen LogP contribution in [0.3, 0.4) is 0 Å². The van der Waals surface area contributed by atoms with Crippen molar-refractivity contribution in [3.8, 4) is 0 Å². The van der Waals surface area contributed by atoms with Crippen molar-refractivity contribution in [2.75, 3.05) is 18.6 Å². The summed E-state index contributed by atoms with van der Waals surface area (Å²) in [5.41, 5.74) is 1.04. The maximum atomic E-state index is 13.8. The van der Waals surface area contributed by atoms with E-state index >= 15 is 0 Å². The number of carbonyl (C=O) groups excluding carboxylic acids is 3. The average Bonchev–Trinajstić information content (AvgIpc) is 3.62. The lowest BCUT2D eigenvalue weighted by atomic mass is 9.99. The highest BCUT2D eigenvalue weighted by Gasteiger charge is 2.41. The van der Waals surface area contributed by atoms with Gasteiger partial charge in [0.1, 0.15) is 18.2 Å². The van der Waals surface area contributed by atoms with Crippen molar-refractivity contribution in [2.45, 2.75) is 69.7 Å². The van der Waals surface area contributed by atoms with E-state index in [4.69, 9.17) is 0 Å². The molecule has 1 saturated heterocycles. The molecule has 0 radical (unpaired) electrons. The van der Waals surface area contributed by atoms with Crippen molar-refractivity contribution >= 4 is 46.2 Å². The number of benzene rings is 2. The second kappa shape index (κ2) is 13.8. The molecule has 0 spiro atoms. The van der Waals surface area contributed by atoms with Gasteiger partial charge in [-0.2, -0.15) is 11.8 Å². The van der Waals surface area contributed by atoms with Crippen LogP contribution in [-0.2, 0) is 25.7 Å². The Morgan fingerprint density at radius 2 is 1.85 bits per heavy atom. The molecule has 2 fully saturated rings. The molecule has 1 aliphatic heterocycles. The summed E-state index contributed by atoms with van der Waals surface area (Å²) in [6.45, 7) is 0.379. The molecule has 1 aliphatic carbocycles. The van der Waals surface area contributed by atoms with Crippen LogP contribution >= 0.6 is 11.8 Å². The lowest BCUT2D eigenvalue weighted by Gasteiger charge is -2.40.